The molecular formula is C19H23N3O2. The Bertz CT molecular complexity index is 675. The first kappa shape index (κ1) is 16.3. The number of pyridine rings is 1. The minimum Gasteiger partial charge on any atom is -0.484 e. The maximum atomic E-state index is 12.4. The third-order valence-electron chi connectivity index (χ3n) is 4.15. The van der Waals surface area contributed by atoms with Gasteiger partial charge in [0.15, 0.2) is 6.61 Å². The van der Waals surface area contributed by atoms with Crippen LogP contribution in [0.5, 0.6) is 5.75 Å². The molecule has 0 spiro atoms. The van der Waals surface area contributed by atoms with Gasteiger partial charge in [-0.2, -0.15) is 0 Å². The Balaban J connectivity index is 1.54. The molecule has 0 N–H and O–H groups in total. The molecule has 0 unspecified atom stereocenters. The summed E-state index contributed by atoms with van der Waals surface area (Å²) >= 11 is 0. The molecule has 24 heavy (non-hydrogen) atoms. The minimum absolute atomic E-state index is 0.0397. The van der Waals surface area contributed by atoms with Crippen molar-refractivity contribution in [2.45, 2.75) is 13.3 Å². The Morgan fingerprint density at radius 2 is 1.88 bits per heavy atom. The fraction of sp³-hybridized carbons (Fsp3) is 0.368. The highest BCUT2D eigenvalue weighted by molar-refractivity contribution is 5.77. The lowest BCUT2D eigenvalue weighted by molar-refractivity contribution is -0.133. The van der Waals surface area contributed by atoms with Crippen LogP contribution in [-0.2, 0) is 4.79 Å². The standard InChI is InChI=1S/C19H23N3O2/c1-16-7-5-10-18(20-16)21-11-6-12-22(14-13-21)19(23)15-24-17-8-3-2-4-9-17/h2-5,7-10H,6,11-15H2,1H3. The van der Waals surface area contributed by atoms with Crippen molar-refractivity contribution in [2.24, 2.45) is 0 Å². The molecule has 126 valence electrons. The molecule has 5 heteroatoms. The summed E-state index contributed by atoms with van der Waals surface area (Å²) in [6, 6.07) is 15.5. The lowest BCUT2D eigenvalue weighted by atomic mass is 10.3. The molecule has 1 fully saturated rings. The van der Waals surface area contributed by atoms with Crippen LogP contribution in [0.2, 0.25) is 0 Å². The van der Waals surface area contributed by atoms with Crippen LogP contribution in [0.3, 0.4) is 0 Å². The zero-order chi connectivity index (χ0) is 16.8. The smallest absolute Gasteiger partial charge is 0.260 e. The van der Waals surface area contributed by atoms with Crippen molar-refractivity contribution in [1.82, 2.24) is 9.88 Å². The molecule has 0 aliphatic carbocycles. The number of hydrogen-bond acceptors (Lipinski definition) is 4. The van der Waals surface area contributed by atoms with Crippen LogP contribution in [0, 0.1) is 6.92 Å². The largest absolute Gasteiger partial charge is 0.484 e. The highest BCUT2D eigenvalue weighted by Crippen LogP contribution is 2.15. The first-order chi connectivity index (χ1) is 11.7. The van der Waals surface area contributed by atoms with Crippen molar-refractivity contribution >= 4 is 11.7 Å². The van der Waals surface area contributed by atoms with E-state index in [4.69, 9.17) is 4.74 Å². The number of benzene rings is 1. The average molecular weight is 325 g/mol. The van der Waals surface area contributed by atoms with E-state index in [9.17, 15) is 4.79 Å². The van der Waals surface area contributed by atoms with Gasteiger partial charge in [0.1, 0.15) is 11.6 Å². The fourth-order valence-corrected chi connectivity index (χ4v) is 2.85. The summed E-state index contributed by atoms with van der Waals surface area (Å²) in [7, 11) is 0. The predicted octanol–water partition coefficient (Wildman–Crippen LogP) is 2.51. The van der Waals surface area contributed by atoms with Gasteiger partial charge < -0.3 is 14.5 Å². The van der Waals surface area contributed by atoms with Crippen LogP contribution < -0.4 is 9.64 Å². The zero-order valence-electron chi connectivity index (χ0n) is 14.0. The van der Waals surface area contributed by atoms with Gasteiger partial charge in [-0.05, 0) is 37.6 Å². The monoisotopic (exact) mass is 325 g/mol. The van der Waals surface area contributed by atoms with Crippen molar-refractivity contribution in [3.63, 3.8) is 0 Å². The van der Waals surface area contributed by atoms with E-state index >= 15 is 0 Å². The molecule has 1 aromatic heterocycles. The van der Waals surface area contributed by atoms with Gasteiger partial charge >= 0.3 is 0 Å². The normalized spacial score (nSPS) is 15.0. The summed E-state index contributed by atoms with van der Waals surface area (Å²) in [5.41, 5.74) is 1.01. The van der Waals surface area contributed by atoms with Crippen LogP contribution in [0.15, 0.2) is 48.5 Å². The summed E-state index contributed by atoms with van der Waals surface area (Å²) < 4.78 is 5.57. The van der Waals surface area contributed by atoms with Gasteiger partial charge in [-0.1, -0.05) is 24.3 Å². The third kappa shape index (κ3) is 4.25. The molecule has 5 nitrogen and oxygen atoms in total. The van der Waals surface area contributed by atoms with Crippen LogP contribution in [-0.4, -0.2) is 48.6 Å². The minimum atomic E-state index is 0.0397. The topological polar surface area (TPSA) is 45.7 Å². The SMILES string of the molecule is Cc1cccc(N2CCCN(C(=O)COc3ccccc3)CC2)n1. The first-order valence-corrected chi connectivity index (χ1v) is 8.36. The lowest BCUT2D eigenvalue weighted by Crippen LogP contribution is -2.38. The molecule has 1 aliphatic heterocycles. The molecule has 0 radical (unpaired) electrons. The molecule has 0 atom stereocenters. The highest BCUT2D eigenvalue weighted by atomic mass is 16.5. The number of carbonyl (C=O) groups is 1. The number of amides is 1. The van der Waals surface area contributed by atoms with E-state index in [0.29, 0.717) is 6.54 Å². The van der Waals surface area contributed by atoms with E-state index in [2.05, 4.69) is 9.88 Å². The summed E-state index contributed by atoms with van der Waals surface area (Å²) in [5.74, 6) is 1.76. The number of anilines is 1. The predicted molar refractivity (Wildman–Crippen MR) is 94.3 cm³/mol. The first-order valence-electron chi connectivity index (χ1n) is 8.36. The highest BCUT2D eigenvalue weighted by Gasteiger charge is 2.20. The number of hydrogen-bond donors (Lipinski definition) is 0. The van der Waals surface area contributed by atoms with Crippen LogP contribution in [0.25, 0.3) is 0 Å². The summed E-state index contributed by atoms with van der Waals surface area (Å²) in [4.78, 5) is 21.1. The Morgan fingerprint density at radius 3 is 2.67 bits per heavy atom. The van der Waals surface area contributed by atoms with Crippen LogP contribution in [0.1, 0.15) is 12.1 Å². The number of aromatic nitrogens is 1. The number of carbonyl (C=O) groups excluding carboxylic acids is 1. The van der Waals surface area contributed by atoms with Gasteiger partial charge in [0, 0.05) is 31.9 Å². The molecule has 1 amide bonds. The summed E-state index contributed by atoms with van der Waals surface area (Å²) in [5, 5.41) is 0. The number of ether oxygens (including phenoxy) is 1. The van der Waals surface area contributed by atoms with Crippen LogP contribution in [0.4, 0.5) is 5.82 Å². The molecule has 1 saturated heterocycles. The lowest BCUT2D eigenvalue weighted by Gasteiger charge is -2.23. The zero-order valence-corrected chi connectivity index (χ0v) is 14.0. The Hall–Kier alpha value is -2.56. The third-order valence-corrected chi connectivity index (χ3v) is 4.15. The van der Waals surface area contributed by atoms with Crippen molar-refractivity contribution in [3.05, 3.63) is 54.2 Å². The Labute approximate surface area is 142 Å². The number of para-hydroxylation sites is 1. The van der Waals surface area contributed by atoms with E-state index in [1.54, 1.807) is 0 Å². The summed E-state index contributed by atoms with van der Waals surface area (Å²) in [6.07, 6.45) is 0.937. The molecule has 0 saturated carbocycles. The van der Waals surface area contributed by atoms with Crippen molar-refractivity contribution in [2.75, 3.05) is 37.7 Å². The second-order valence-electron chi connectivity index (χ2n) is 5.96. The average Bonchev–Trinajstić information content (AvgIpc) is 2.87. The molecule has 2 aromatic rings. The van der Waals surface area contributed by atoms with E-state index in [1.165, 1.54) is 0 Å². The van der Waals surface area contributed by atoms with E-state index in [1.807, 2.05) is 60.4 Å². The number of aryl methyl sites for hydroxylation is 1. The molecule has 1 aromatic carbocycles. The van der Waals surface area contributed by atoms with E-state index in [0.717, 1.165) is 43.3 Å². The van der Waals surface area contributed by atoms with Crippen molar-refractivity contribution in [1.29, 1.82) is 0 Å². The van der Waals surface area contributed by atoms with Gasteiger partial charge in [-0.3, -0.25) is 4.79 Å². The molecule has 0 bridgehead atoms. The summed E-state index contributed by atoms with van der Waals surface area (Å²) in [6.45, 7) is 5.27. The van der Waals surface area contributed by atoms with Crippen molar-refractivity contribution in [3.8, 4) is 5.75 Å². The molecule has 2 heterocycles. The van der Waals surface area contributed by atoms with Gasteiger partial charge in [-0.15, -0.1) is 0 Å². The fourth-order valence-electron chi connectivity index (χ4n) is 2.85. The van der Waals surface area contributed by atoms with Gasteiger partial charge in [0.05, 0.1) is 0 Å². The second kappa shape index (κ2) is 7.81. The van der Waals surface area contributed by atoms with Gasteiger partial charge in [0.2, 0.25) is 0 Å². The maximum Gasteiger partial charge on any atom is 0.260 e. The molecular weight excluding hydrogens is 302 g/mol. The number of nitrogens with zero attached hydrogens (tertiary/aromatic N) is 3. The van der Waals surface area contributed by atoms with E-state index in [-0.39, 0.29) is 12.5 Å². The quantitative estimate of drug-likeness (QED) is 0.866. The van der Waals surface area contributed by atoms with Crippen molar-refractivity contribution < 1.29 is 9.53 Å². The number of rotatable bonds is 4. The van der Waals surface area contributed by atoms with Gasteiger partial charge in [0.25, 0.3) is 5.91 Å². The van der Waals surface area contributed by atoms with E-state index < -0.39 is 0 Å². The maximum absolute atomic E-state index is 12.4. The van der Waals surface area contributed by atoms with Gasteiger partial charge in [-0.25, -0.2) is 4.98 Å². The molecule has 3 rings (SSSR count). The Morgan fingerprint density at radius 1 is 1.04 bits per heavy atom. The Kier molecular flexibility index (Phi) is 5.31. The van der Waals surface area contributed by atoms with Crippen LogP contribution >= 0.6 is 0 Å². The molecule has 1 aliphatic rings. The second-order valence-corrected chi connectivity index (χ2v) is 5.96.